The van der Waals surface area contributed by atoms with E-state index in [-0.39, 0.29) is 5.91 Å². The van der Waals surface area contributed by atoms with Crippen LogP contribution in [0.5, 0.6) is 0 Å². The highest BCUT2D eigenvalue weighted by Gasteiger charge is 2.29. The topological polar surface area (TPSA) is 52.6 Å². The van der Waals surface area contributed by atoms with Crippen LogP contribution in [-0.4, -0.2) is 71.0 Å². The van der Waals surface area contributed by atoms with Crippen molar-refractivity contribution < 1.29 is 4.79 Å². The van der Waals surface area contributed by atoms with E-state index in [1.165, 1.54) is 45.2 Å². The summed E-state index contributed by atoms with van der Waals surface area (Å²) < 4.78 is 0. The molecule has 0 bridgehead atoms. The Morgan fingerprint density at radius 1 is 1.00 bits per heavy atom. The number of amides is 1. The Morgan fingerprint density at radius 2 is 1.75 bits per heavy atom. The maximum Gasteiger partial charge on any atom is 0.257 e. The first kappa shape index (κ1) is 19.6. The van der Waals surface area contributed by atoms with Gasteiger partial charge in [0.25, 0.3) is 5.91 Å². The molecule has 0 radical (unpaired) electrons. The molecule has 0 unspecified atom stereocenters. The van der Waals surface area contributed by atoms with Crippen LogP contribution in [0.15, 0.2) is 12.4 Å². The van der Waals surface area contributed by atoms with Gasteiger partial charge in [0.15, 0.2) is 0 Å². The van der Waals surface area contributed by atoms with Gasteiger partial charge >= 0.3 is 0 Å². The molecule has 3 saturated heterocycles. The fourth-order valence-corrected chi connectivity index (χ4v) is 5.04. The molecule has 0 aliphatic carbocycles. The number of rotatable bonds is 5. The highest BCUT2D eigenvalue weighted by atomic mass is 16.2. The van der Waals surface area contributed by atoms with Crippen LogP contribution in [0.25, 0.3) is 0 Å². The Bertz CT molecular complexity index is 643. The Kier molecular flexibility index (Phi) is 6.45. The minimum Gasteiger partial charge on any atom is -0.341 e. The molecule has 0 N–H and O–H groups in total. The first-order valence-electron chi connectivity index (χ1n) is 11.3. The third kappa shape index (κ3) is 4.65. The predicted octanol–water partition coefficient (Wildman–Crippen LogP) is 3.19. The van der Waals surface area contributed by atoms with Crippen LogP contribution in [0.1, 0.15) is 68.6 Å². The van der Waals surface area contributed by atoms with Crippen molar-refractivity contribution >= 4 is 11.9 Å². The standard InChI is InChI=1S/C22H35N5O/c1-18-7-6-12-26(17-18)22-23-15-19(16-24-22)21(28)27-13-3-2-8-20(27)9-14-25-10-4-5-11-25/h15-16,18,20H,2-14,17H2,1H3/t18-,20+/m0/s1. The zero-order valence-corrected chi connectivity index (χ0v) is 17.4. The maximum absolute atomic E-state index is 13.2. The van der Waals surface area contributed by atoms with Crippen molar-refractivity contribution in [1.82, 2.24) is 19.8 Å². The van der Waals surface area contributed by atoms with E-state index >= 15 is 0 Å². The van der Waals surface area contributed by atoms with Gasteiger partial charge in [-0.15, -0.1) is 0 Å². The van der Waals surface area contributed by atoms with Gasteiger partial charge < -0.3 is 14.7 Å². The molecular formula is C22H35N5O. The van der Waals surface area contributed by atoms with Gasteiger partial charge in [-0.1, -0.05) is 6.92 Å². The van der Waals surface area contributed by atoms with Crippen LogP contribution in [0.3, 0.4) is 0 Å². The monoisotopic (exact) mass is 385 g/mol. The Hall–Kier alpha value is -1.69. The number of hydrogen-bond donors (Lipinski definition) is 0. The highest BCUT2D eigenvalue weighted by Crippen LogP contribution is 2.24. The van der Waals surface area contributed by atoms with Crippen molar-refractivity contribution in [3.63, 3.8) is 0 Å². The second-order valence-corrected chi connectivity index (χ2v) is 8.95. The lowest BCUT2D eigenvalue weighted by atomic mass is 9.98. The van der Waals surface area contributed by atoms with E-state index in [0.29, 0.717) is 17.5 Å². The van der Waals surface area contributed by atoms with Gasteiger partial charge in [-0.25, -0.2) is 9.97 Å². The van der Waals surface area contributed by atoms with E-state index in [0.717, 1.165) is 51.4 Å². The van der Waals surface area contributed by atoms with Crippen molar-refractivity contribution in [3.8, 4) is 0 Å². The SMILES string of the molecule is C[C@H]1CCCN(c2ncc(C(=O)N3CCCC[C@@H]3CCN3CCCC3)cn2)C1. The first-order valence-corrected chi connectivity index (χ1v) is 11.3. The summed E-state index contributed by atoms with van der Waals surface area (Å²) in [4.78, 5) is 29.2. The molecule has 1 aromatic rings. The zero-order chi connectivity index (χ0) is 19.3. The van der Waals surface area contributed by atoms with Gasteiger partial charge in [-0.3, -0.25) is 4.79 Å². The fourth-order valence-electron chi connectivity index (χ4n) is 5.04. The van der Waals surface area contributed by atoms with Crippen LogP contribution in [-0.2, 0) is 0 Å². The summed E-state index contributed by atoms with van der Waals surface area (Å²) in [6.45, 7) is 8.76. The molecule has 2 atom stereocenters. The number of aromatic nitrogens is 2. The Labute approximate surface area is 169 Å². The average molecular weight is 386 g/mol. The molecule has 0 aromatic carbocycles. The summed E-state index contributed by atoms with van der Waals surface area (Å²) in [5.41, 5.74) is 0.641. The summed E-state index contributed by atoms with van der Waals surface area (Å²) in [6.07, 6.45) is 13.2. The number of carbonyl (C=O) groups excluding carboxylic acids is 1. The minimum atomic E-state index is 0.115. The number of piperidine rings is 2. The normalized spacial score (nSPS) is 26.6. The molecule has 1 amide bonds. The van der Waals surface area contributed by atoms with Crippen molar-refractivity contribution in [3.05, 3.63) is 18.0 Å². The number of carbonyl (C=O) groups is 1. The molecule has 4 heterocycles. The van der Waals surface area contributed by atoms with E-state index in [2.05, 4.69) is 31.6 Å². The van der Waals surface area contributed by atoms with Gasteiger partial charge in [-0.05, 0) is 70.4 Å². The van der Waals surface area contributed by atoms with E-state index in [9.17, 15) is 4.79 Å². The van der Waals surface area contributed by atoms with Crippen molar-refractivity contribution in [2.75, 3.05) is 44.2 Å². The maximum atomic E-state index is 13.2. The van der Waals surface area contributed by atoms with Crippen molar-refractivity contribution in [2.45, 2.75) is 64.3 Å². The Morgan fingerprint density at radius 3 is 2.50 bits per heavy atom. The van der Waals surface area contributed by atoms with E-state index < -0.39 is 0 Å². The molecule has 28 heavy (non-hydrogen) atoms. The third-order valence-corrected chi connectivity index (χ3v) is 6.69. The van der Waals surface area contributed by atoms with E-state index in [1.54, 1.807) is 12.4 Å². The second-order valence-electron chi connectivity index (χ2n) is 8.95. The fraction of sp³-hybridized carbons (Fsp3) is 0.773. The Balaban J connectivity index is 1.38. The number of anilines is 1. The summed E-state index contributed by atoms with van der Waals surface area (Å²) in [5, 5.41) is 0. The molecule has 0 saturated carbocycles. The molecule has 3 fully saturated rings. The largest absolute Gasteiger partial charge is 0.341 e. The van der Waals surface area contributed by atoms with E-state index in [4.69, 9.17) is 0 Å². The van der Waals surface area contributed by atoms with Crippen LogP contribution < -0.4 is 4.90 Å². The van der Waals surface area contributed by atoms with Gasteiger partial charge in [0.2, 0.25) is 5.95 Å². The highest BCUT2D eigenvalue weighted by molar-refractivity contribution is 5.94. The van der Waals surface area contributed by atoms with Gasteiger partial charge in [0, 0.05) is 44.6 Å². The van der Waals surface area contributed by atoms with Crippen molar-refractivity contribution in [1.29, 1.82) is 0 Å². The second kappa shape index (κ2) is 9.21. The minimum absolute atomic E-state index is 0.115. The molecule has 3 aliphatic rings. The van der Waals surface area contributed by atoms with Crippen molar-refractivity contribution in [2.24, 2.45) is 5.92 Å². The summed E-state index contributed by atoms with van der Waals surface area (Å²) in [6, 6.07) is 0.365. The van der Waals surface area contributed by atoms with Crippen LogP contribution in [0.2, 0.25) is 0 Å². The molecule has 1 aromatic heterocycles. The molecule has 3 aliphatic heterocycles. The number of hydrogen-bond acceptors (Lipinski definition) is 5. The van der Waals surface area contributed by atoms with Crippen LogP contribution in [0, 0.1) is 5.92 Å². The number of nitrogens with zero attached hydrogens (tertiary/aromatic N) is 5. The molecular weight excluding hydrogens is 350 g/mol. The summed E-state index contributed by atoms with van der Waals surface area (Å²) >= 11 is 0. The van der Waals surface area contributed by atoms with Crippen LogP contribution >= 0.6 is 0 Å². The molecule has 6 nitrogen and oxygen atoms in total. The molecule has 0 spiro atoms. The average Bonchev–Trinajstić information content (AvgIpc) is 3.26. The lowest BCUT2D eigenvalue weighted by Crippen LogP contribution is -2.45. The third-order valence-electron chi connectivity index (χ3n) is 6.69. The molecule has 154 valence electrons. The molecule has 6 heteroatoms. The van der Waals surface area contributed by atoms with Gasteiger partial charge in [-0.2, -0.15) is 0 Å². The number of likely N-dealkylation sites (tertiary alicyclic amines) is 2. The summed E-state index contributed by atoms with van der Waals surface area (Å²) in [5.74, 6) is 1.57. The zero-order valence-electron chi connectivity index (χ0n) is 17.4. The smallest absolute Gasteiger partial charge is 0.257 e. The van der Waals surface area contributed by atoms with Gasteiger partial charge in [0.05, 0.1) is 5.56 Å². The summed E-state index contributed by atoms with van der Waals surface area (Å²) in [7, 11) is 0. The first-order chi connectivity index (χ1) is 13.7. The van der Waals surface area contributed by atoms with Crippen LogP contribution in [0.4, 0.5) is 5.95 Å². The van der Waals surface area contributed by atoms with Gasteiger partial charge in [0.1, 0.15) is 0 Å². The van der Waals surface area contributed by atoms with E-state index in [1.807, 2.05) is 0 Å². The lowest BCUT2D eigenvalue weighted by Gasteiger charge is -2.36. The predicted molar refractivity (Wildman–Crippen MR) is 112 cm³/mol. The lowest BCUT2D eigenvalue weighted by molar-refractivity contribution is 0.0587. The molecule has 4 rings (SSSR count). The quantitative estimate of drug-likeness (QED) is 0.779.